The van der Waals surface area contributed by atoms with E-state index in [1.54, 1.807) is 6.08 Å². The standard InChI is InChI=1S/C24H23NOS/c1-17-8-6-7-11-20(17)22-15-25(16-23-21(22)14-18(2)27-23)24(26)13-12-19-9-4-3-5-10-19/h3-14,22H,15-16H2,1-2H3/b13-12+/t22-/m0/s1. The van der Waals surface area contributed by atoms with Crippen molar-refractivity contribution in [3.8, 4) is 0 Å². The van der Waals surface area contributed by atoms with Crippen LogP contribution in [-0.4, -0.2) is 17.4 Å². The van der Waals surface area contributed by atoms with Crippen LogP contribution in [0.5, 0.6) is 0 Å². The third-order valence-corrected chi connectivity index (χ3v) is 6.22. The largest absolute Gasteiger partial charge is 0.333 e. The Kier molecular flexibility index (Phi) is 4.95. The SMILES string of the molecule is Cc1cc2c(s1)CN(C(=O)/C=C/c1ccccc1)C[C@H]2c1ccccc1C. The summed E-state index contributed by atoms with van der Waals surface area (Å²) in [5, 5.41) is 0. The van der Waals surface area contributed by atoms with E-state index < -0.39 is 0 Å². The Morgan fingerprint density at radius 2 is 1.78 bits per heavy atom. The smallest absolute Gasteiger partial charge is 0.246 e. The molecule has 0 saturated heterocycles. The highest BCUT2D eigenvalue weighted by molar-refractivity contribution is 7.12. The van der Waals surface area contributed by atoms with Gasteiger partial charge in [-0.1, -0.05) is 54.6 Å². The summed E-state index contributed by atoms with van der Waals surface area (Å²) in [6.07, 6.45) is 3.61. The summed E-state index contributed by atoms with van der Waals surface area (Å²) in [5.41, 5.74) is 5.04. The van der Waals surface area contributed by atoms with Crippen LogP contribution in [0.1, 0.15) is 37.9 Å². The van der Waals surface area contributed by atoms with Gasteiger partial charge < -0.3 is 4.90 Å². The van der Waals surface area contributed by atoms with Gasteiger partial charge in [0.2, 0.25) is 5.91 Å². The maximum Gasteiger partial charge on any atom is 0.246 e. The van der Waals surface area contributed by atoms with Crippen LogP contribution in [0.25, 0.3) is 6.08 Å². The predicted octanol–water partition coefficient (Wildman–Crippen LogP) is 5.55. The second kappa shape index (κ2) is 7.53. The number of nitrogens with zero attached hydrogens (tertiary/aromatic N) is 1. The van der Waals surface area contributed by atoms with Crippen LogP contribution in [0.3, 0.4) is 0 Å². The molecule has 0 bridgehead atoms. The average Bonchev–Trinajstić information content (AvgIpc) is 3.07. The van der Waals surface area contributed by atoms with E-state index >= 15 is 0 Å². The second-order valence-electron chi connectivity index (χ2n) is 7.11. The van der Waals surface area contributed by atoms with E-state index in [1.165, 1.54) is 26.4 Å². The van der Waals surface area contributed by atoms with Crippen LogP contribution < -0.4 is 0 Å². The molecule has 136 valence electrons. The highest BCUT2D eigenvalue weighted by Gasteiger charge is 2.30. The van der Waals surface area contributed by atoms with E-state index in [9.17, 15) is 4.79 Å². The molecule has 1 aromatic heterocycles. The first-order chi connectivity index (χ1) is 13.1. The lowest BCUT2D eigenvalue weighted by Gasteiger charge is -2.33. The highest BCUT2D eigenvalue weighted by atomic mass is 32.1. The fourth-order valence-electron chi connectivity index (χ4n) is 3.81. The second-order valence-corrected chi connectivity index (χ2v) is 8.45. The Morgan fingerprint density at radius 3 is 2.56 bits per heavy atom. The van der Waals surface area contributed by atoms with Crippen molar-refractivity contribution < 1.29 is 4.79 Å². The van der Waals surface area contributed by atoms with Crippen molar-refractivity contribution in [3.05, 3.63) is 98.7 Å². The Hall–Kier alpha value is -2.65. The van der Waals surface area contributed by atoms with Gasteiger partial charge in [-0.05, 0) is 48.2 Å². The number of fused-ring (bicyclic) bond motifs is 1. The summed E-state index contributed by atoms with van der Waals surface area (Å²) in [7, 11) is 0. The number of carbonyl (C=O) groups is 1. The molecule has 0 fully saturated rings. The Balaban J connectivity index is 1.63. The molecule has 2 nitrogen and oxygen atoms in total. The molecule has 2 aromatic carbocycles. The van der Waals surface area contributed by atoms with Crippen molar-refractivity contribution in [1.29, 1.82) is 0 Å². The van der Waals surface area contributed by atoms with Gasteiger partial charge in [-0.15, -0.1) is 11.3 Å². The van der Waals surface area contributed by atoms with Crippen molar-refractivity contribution in [3.63, 3.8) is 0 Å². The molecule has 0 spiro atoms. The van der Waals surface area contributed by atoms with Gasteiger partial charge in [0.25, 0.3) is 0 Å². The van der Waals surface area contributed by atoms with Crippen molar-refractivity contribution >= 4 is 23.3 Å². The normalized spacial score (nSPS) is 16.5. The fraction of sp³-hybridized carbons (Fsp3) is 0.208. The lowest BCUT2D eigenvalue weighted by atomic mass is 9.86. The third kappa shape index (κ3) is 3.74. The lowest BCUT2D eigenvalue weighted by Crippen LogP contribution is -2.37. The summed E-state index contributed by atoms with van der Waals surface area (Å²) in [6.45, 7) is 5.74. The molecular weight excluding hydrogens is 350 g/mol. The summed E-state index contributed by atoms with van der Waals surface area (Å²) in [6, 6.07) is 20.8. The van der Waals surface area contributed by atoms with Crippen molar-refractivity contribution in [2.45, 2.75) is 26.3 Å². The number of rotatable bonds is 3. The molecule has 1 aliphatic heterocycles. The maximum atomic E-state index is 12.9. The molecule has 3 aromatic rings. The Morgan fingerprint density at radius 1 is 1.04 bits per heavy atom. The van der Waals surface area contributed by atoms with Gasteiger partial charge >= 0.3 is 0 Å². The third-order valence-electron chi connectivity index (χ3n) is 5.17. The summed E-state index contributed by atoms with van der Waals surface area (Å²) < 4.78 is 0. The van der Waals surface area contributed by atoms with Gasteiger partial charge in [-0.2, -0.15) is 0 Å². The maximum absolute atomic E-state index is 12.9. The molecule has 4 rings (SSSR count). The summed E-state index contributed by atoms with van der Waals surface area (Å²) in [4.78, 5) is 17.5. The first-order valence-electron chi connectivity index (χ1n) is 9.28. The molecule has 2 heterocycles. The van der Waals surface area contributed by atoms with E-state index in [4.69, 9.17) is 0 Å². The van der Waals surface area contributed by atoms with Crippen LogP contribution in [0.15, 0.2) is 66.7 Å². The van der Waals surface area contributed by atoms with E-state index in [1.807, 2.05) is 52.6 Å². The minimum absolute atomic E-state index is 0.0779. The zero-order valence-electron chi connectivity index (χ0n) is 15.7. The van der Waals surface area contributed by atoms with Crippen molar-refractivity contribution in [1.82, 2.24) is 4.90 Å². The molecule has 0 saturated carbocycles. The molecule has 3 heteroatoms. The zero-order chi connectivity index (χ0) is 18.8. The fourth-order valence-corrected chi connectivity index (χ4v) is 4.92. The summed E-state index contributed by atoms with van der Waals surface area (Å²) in [5.74, 6) is 0.322. The van der Waals surface area contributed by atoms with Crippen LogP contribution in [0.4, 0.5) is 0 Å². The van der Waals surface area contributed by atoms with Crippen LogP contribution in [-0.2, 0) is 11.3 Å². The number of carbonyl (C=O) groups excluding carboxylic acids is 1. The van der Waals surface area contributed by atoms with E-state index in [-0.39, 0.29) is 11.8 Å². The molecule has 0 aliphatic carbocycles. The summed E-state index contributed by atoms with van der Waals surface area (Å²) >= 11 is 1.81. The minimum atomic E-state index is 0.0779. The molecule has 1 aliphatic rings. The molecule has 1 amide bonds. The average molecular weight is 374 g/mol. The van der Waals surface area contributed by atoms with Crippen LogP contribution >= 0.6 is 11.3 Å². The Bertz CT molecular complexity index is 987. The van der Waals surface area contributed by atoms with Crippen LogP contribution in [0.2, 0.25) is 0 Å². The number of thiophene rings is 1. The van der Waals surface area contributed by atoms with E-state index in [0.717, 1.165) is 12.1 Å². The molecule has 0 N–H and O–H groups in total. The first-order valence-corrected chi connectivity index (χ1v) is 10.1. The molecule has 27 heavy (non-hydrogen) atoms. The van der Waals surface area contributed by atoms with Gasteiger partial charge in [0.15, 0.2) is 0 Å². The number of hydrogen-bond acceptors (Lipinski definition) is 2. The number of amides is 1. The van der Waals surface area contributed by atoms with Gasteiger partial charge in [-0.25, -0.2) is 0 Å². The monoisotopic (exact) mass is 373 g/mol. The number of aryl methyl sites for hydroxylation is 2. The van der Waals surface area contributed by atoms with Gasteiger partial charge in [-0.3, -0.25) is 4.79 Å². The zero-order valence-corrected chi connectivity index (χ0v) is 16.5. The molecule has 1 atom stereocenters. The van der Waals surface area contributed by atoms with Gasteiger partial charge in [0.05, 0.1) is 6.54 Å². The molecular formula is C24H23NOS. The number of hydrogen-bond donors (Lipinski definition) is 0. The number of benzene rings is 2. The highest BCUT2D eigenvalue weighted by Crippen LogP contribution is 2.39. The van der Waals surface area contributed by atoms with E-state index in [0.29, 0.717) is 6.54 Å². The quantitative estimate of drug-likeness (QED) is 0.551. The Labute approximate surface area is 164 Å². The van der Waals surface area contributed by atoms with Crippen LogP contribution in [0, 0.1) is 13.8 Å². The topological polar surface area (TPSA) is 20.3 Å². The van der Waals surface area contributed by atoms with Crippen molar-refractivity contribution in [2.75, 3.05) is 6.54 Å². The molecule has 0 radical (unpaired) electrons. The van der Waals surface area contributed by atoms with Gasteiger partial charge in [0.1, 0.15) is 0 Å². The van der Waals surface area contributed by atoms with Crippen molar-refractivity contribution in [2.24, 2.45) is 0 Å². The van der Waals surface area contributed by atoms with Gasteiger partial charge in [0, 0.05) is 28.3 Å². The molecule has 0 unspecified atom stereocenters. The van der Waals surface area contributed by atoms with E-state index in [2.05, 4.69) is 44.2 Å². The first kappa shape index (κ1) is 17.7. The minimum Gasteiger partial charge on any atom is -0.333 e. The predicted molar refractivity (Wildman–Crippen MR) is 113 cm³/mol. The lowest BCUT2D eigenvalue weighted by molar-refractivity contribution is -0.127.